The fourth-order valence-corrected chi connectivity index (χ4v) is 12.6. The number of unbranched alkanes of at least 4 members (excludes halogenated alkanes) is 40. The van der Waals surface area contributed by atoms with Gasteiger partial charge in [0.1, 0.15) is 19.3 Å². The molecule has 0 saturated carbocycles. The number of ether oxygens (including phenoxy) is 4. The first-order valence-corrected chi connectivity index (χ1v) is 41.1. The molecule has 0 aromatic carbocycles. The van der Waals surface area contributed by atoms with Crippen LogP contribution in [-0.2, 0) is 65.4 Å². The molecule has 4 unspecified atom stereocenters. The predicted octanol–water partition coefficient (Wildman–Crippen LogP) is 21.2. The summed E-state index contributed by atoms with van der Waals surface area (Å²) in [5.41, 5.74) is 0. The Morgan fingerprint density at radius 1 is 0.304 bits per heavy atom. The number of aliphatic hydroxyl groups excluding tert-OH is 1. The molecule has 0 heterocycles. The highest BCUT2D eigenvalue weighted by Crippen LogP contribution is 2.45. The third-order valence-corrected chi connectivity index (χ3v) is 19.6. The summed E-state index contributed by atoms with van der Waals surface area (Å²) >= 11 is 0. The Balaban J connectivity index is 5.16. The van der Waals surface area contributed by atoms with Gasteiger partial charge in [-0.15, -0.1) is 0 Å². The maximum atomic E-state index is 13.0. The van der Waals surface area contributed by atoms with Gasteiger partial charge >= 0.3 is 39.5 Å². The van der Waals surface area contributed by atoms with Gasteiger partial charge in [-0.05, 0) is 37.5 Å². The molecule has 0 aromatic rings. The molecule has 546 valence electrons. The third-order valence-electron chi connectivity index (χ3n) is 17.7. The lowest BCUT2D eigenvalue weighted by Gasteiger charge is -2.21. The predicted molar refractivity (Wildman–Crippen MR) is 372 cm³/mol. The molecule has 7 atom stereocenters. The van der Waals surface area contributed by atoms with Crippen LogP contribution in [0, 0.1) is 11.8 Å². The van der Waals surface area contributed by atoms with E-state index in [0.29, 0.717) is 25.7 Å². The summed E-state index contributed by atoms with van der Waals surface area (Å²) in [4.78, 5) is 72.5. The van der Waals surface area contributed by atoms with E-state index in [4.69, 9.17) is 37.0 Å². The molecule has 92 heavy (non-hydrogen) atoms. The lowest BCUT2D eigenvalue weighted by Crippen LogP contribution is -2.30. The topological polar surface area (TPSA) is 237 Å². The van der Waals surface area contributed by atoms with Crippen LogP contribution >= 0.6 is 15.6 Å². The zero-order chi connectivity index (χ0) is 67.9. The van der Waals surface area contributed by atoms with Crippen LogP contribution in [0.15, 0.2) is 0 Å². The van der Waals surface area contributed by atoms with Crippen molar-refractivity contribution in [3.63, 3.8) is 0 Å². The van der Waals surface area contributed by atoms with Gasteiger partial charge in [-0.25, -0.2) is 9.13 Å². The van der Waals surface area contributed by atoms with Crippen molar-refractivity contribution in [1.82, 2.24) is 0 Å². The smallest absolute Gasteiger partial charge is 0.462 e. The van der Waals surface area contributed by atoms with Crippen molar-refractivity contribution in [1.29, 1.82) is 0 Å². The molecule has 0 bridgehead atoms. The molecule has 0 aliphatic rings. The van der Waals surface area contributed by atoms with E-state index in [2.05, 4.69) is 41.5 Å². The van der Waals surface area contributed by atoms with Gasteiger partial charge in [0.25, 0.3) is 0 Å². The van der Waals surface area contributed by atoms with Gasteiger partial charge in [-0.3, -0.25) is 37.3 Å². The second-order valence-electron chi connectivity index (χ2n) is 26.8. The van der Waals surface area contributed by atoms with Gasteiger partial charge in [0.15, 0.2) is 12.2 Å². The minimum Gasteiger partial charge on any atom is -0.462 e. The molecule has 19 heteroatoms. The highest BCUT2D eigenvalue weighted by Gasteiger charge is 2.30. The van der Waals surface area contributed by atoms with Crippen molar-refractivity contribution in [3.05, 3.63) is 0 Å². The normalized spacial score (nSPS) is 14.7. The van der Waals surface area contributed by atoms with Gasteiger partial charge < -0.3 is 33.8 Å². The summed E-state index contributed by atoms with van der Waals surface area (Å²) in [6.07, 6.45) is 51.5. The lowest BCUT2D eigenvalue weighted by molar-refractivity contribution is -0.161. The molecule has 0 aromatic heterocycles. The van der Waals surface area contributed by atoms with Crippen LogP contribution in [0.3, 0.4) is 0 Å². The van der Waals surface area contributed by atoms with Gasteiger partial charge in [0, 0.05) is 25.7 Å². The van der Waals surface area contributed by atoms with Gasteiger partial charge in [-0.2, -0.15) is 0 Å². The maximum absolute atomic E-state index is 13.0. The average Bonchev–Trinajstić information content (AvgIpc) is 1.99. The Hall–Kier alpha value is -1.94. The fourth-order valence-electron chi connectivity index (χ4n) is 11.1. The molecule has 0 rings (SSSR count). The van der Waals surface area contributed by atoms with Crippen LogP contribution in [-0.4, -0.2) is 96.7 Å². The van der Waals surface area contributed by atoms with Crippen LogP contribution in [0.4, 0.5) is 0 Å². The van der Waals surface area contributed by atoms with Crippen molar-refractivity contribution in [2.45, 2.75) is 394 Å². The molecule has 0 amide bonds. The first-order chi connectivity index (χ1) is 44.4. The number of aliphatic hydroxyl groups is 1. The molecular formula is C73H142O17P2. The van der Waals surface area contributed by atoms with Crippen molar-refractivity contribution >= 4 is 39.5 Å². The van der Waals surface area contributed by atoms with Gasteiger partial charge in [0.05, 0.1) is 26.4 Å². The van der Waals surface area contributed by atoms with Crippen LogP contribution in [0.5, 0.6) is 0 Å². The molecular weight excluding hydrogens is 1210 g/mol. The van der Waals surface area contributed by atoms with Crippen molar-refractivity contribution in [3.8, 4) is 0 Å². The number of phosphoric acid groups is 2. The van der Waals surface area contributed by atoms with E-state index < -0.39 is 97.5 Å². The van der Waals surface area contributed by atoms with Gasteiger partial charge in [-0.1, -0.05) is 324 Å². The quantitative estimate of drug-likeness (QED) is 0.0222. The number of carbonyl (C=O) groups excluding carboxylic acids is 4. The lowest BCUT2D eigenvalue weighted by atomic mass is 9.99. The second kappa shape index (κ2) is 65.0. The summed E-state index contributed by atoms with van der Waals surface area (Å²) in [6, 6.07) is 0. The van der Waals surface area contributed by atoms with E-state index in [-0.39, 0.29) is 25.7 Å². The van der Waals surface area contributed by atoms with Crippen LogP contribution in [0.1, 0.15) is 375 Å². The van der Waals surface area contributed by atoms with Crippen molar-refractivity contribution < 1.29 is 80.2 Å². The Bertz CT molecular complexity index is 1790. The molecule has 0 spiro atoms. The van der Waals surface area contributed by atoms with E-state index in [1.54, 1.807) is 0 Å². The summed E-state index contributed by atoms with van der Waals surface area (Å²) in [5, 5.41) is 10.6. The Morgan fingerprint density at radius 2 is 0.522 bits per heavy atom. The standard InChI is InChI=1S/C73H142O17P2/c1-7-11-13-15-17-18-19-20-21-22-23-24-25-26-27-28-29-30-39-45-51-57-72(77)89-69(62-84-71(76)56-50-44-38-33-31-36-41-47-53-65(5)9-3)64-88-92(81,82)86-60-67(74)59-85-91(79,80)87-63-68(61-83-70(75)55-49-43-35-16-14-12-8-2)90-73(78)58-52-46-40-34-32-37-42-48-54-66(6)10-4/h65-69,74H,7-64H2,1-6H3,(H,79,80)(H,81,82)/t65?,66?,67-,68+,69+/m0/s1. The van der Waals surface area contributed by atoms with E-state index in [1.165, 1.54) is 180 Å². The number of phosphoric ester groups is 2. The summed E-state index contributed by atoms with van der Waals surface area (Å²) in [5.74, 6) is -0.581. The fraction of sp³-hybridized carbons (Fsp3) is 0.945. The van der Waals surface area contributed by atoms with E-state index in [0.717, 1.165) is 115 Å². The monoisotopic (exact) mass is 1350 g/mol. The molecule has 3 N–H and O–H groups in total. The zero-order valence-corrected chi connectivity index (χ0v) is 61.6. The highest BCUT2D eigenvalue weighted by atomic mass is 31.2. The number of rotatable bonds is 72. The largest absolute Gasteiger partial charge is 0.472 e. The minimum atomic E-state index is -4.95. The van der Waals surface area contributed by atoms with E-state index in [1.807, 2.05) is 0 Å². The molecule has 0 radical (unpaired) electrons. The summed E-state index contributed by atoms with van der Waals surface area (Å²) in [6.45, 7) is 9.52. The van der Waals surface area contributed by atoms with Crippen LogP contribution in [0.2, 0.25) is 0 Å². The first-order valence-electron chi connectivity index (χ1n) is 38.1. The Kier molecular flexibility index (Phi) is 63.7. The minimum absolute atomic E-state index is 0.105. The van der Waals surface area contributed by atoms with Crippen LogP contribution in [0.25, 0.3) is 0 Å². The Morgan fingerprint density at radius 3 is 0.772 bits per heavy atom. The SMILES string of the molecule is CCCCCCCCCCCCCCCCCCCCCCCC(=O)O[C@H](COC(=O)CCCCCCCCCCC(C)CC)COP(=O)(O)OC[C@@H](O)COP(=O)(O)OC[C@@H](COC(=O)CCCCCCCCC)OC(=O)CCCCCCCCCCC(C)CC. The second-order valence-corrected chi connectivity index (χ2v) is 29.7. The van der Waals surface area contributed by atoms with Crippen LogP contribution < -0.4 is 0 Å². The number of hydrogen-bond acceptors (Lipinski definition) is 15. The van der Waals surface area contributed by atoms with Crippen molar-refractivity contribution in [2.24, 2.45) is 11.8 Å². The number of carbonyl (C=O) groups is 4. The maximum Gasteiger partial charge on any atom is 0.472 e. The Labute approximate surface area is 562 Å². The zero-order valence-electron chi connectivity index (χ0n) is 59.9. The van der Waals surface area contributed by atoms with Crippen molar-refractivity contribution in [2.75, 3.05) is 39.6 Å². The van der Waals surface area contributed by atoms with Gasteiger partial charge in [0.2, 0.25) is 0 Å². The average molecular weight is 1350 g/mol. The third kappa shape index (κ3) is 64.1. The summed E-state index contributed by atoms with van der Waals surface area (Å²) in [7, 11) is -9.90. The number of hydrogen-bond donors (Lipinski definition) is 3. The summed E-state index contributed by atoms with van der Waals surface area (Å²) < 4.78 is 68.3. The molecule has 0 saturated heterocycles. The van der Waals surface area contributed by atoms with E-state index >= 15 is 0 Å². The first kappa shape index (κ1) is 90.1. The van der Waals surface area contributed by atoms with E-state index in [9.17, 15) is 43.2 Å². The molecule has 0 aliphatic heterocycles. The number of esters is 4. The molecule has 0 fully saturated rings. The molecule has 0 aliphatic carbocycles. The highest BCUT2D eigenvalue weighted by molar-refractivity contribution is 7.47. The molecule has 17 nitrogen and oxygen atoms in total.